The molecule has 0 aromatic carbocycles. The van der Waals surface area contributed by atoms with E-state index in [1.165, 1.54) is 19.3 Å². The van der Waals surface area contributed by atoms with Crippen LogP contribution in [-0.4, -0.2) is 35.1 Å². The number of hydrogen-bond donors (Lipinski definition) is 1. The molecule has 90 valence electrons. The third-order valence-electron chi connectivity index (χ3n) is 2.99. The molecule has 2 rings (SSSR count). The summed E-state index contributed by atoms with van der Waals surface area (Å²) in [6.07, 6.45) is 7.95. The minimum atomic E-state index is 0.411. The van der Waals surface area contributed by atoms with Crippen molar-refractivity contribution in [3.63, 3.8) is 0 Å². The van der Waals surface area contributed by atoms with Gasteiger partial charge in [0.25, 0.3) is 0 Å². The van der Waals surface area contributed by atoms with Crippen molar-refractivity contribution in [3.8, 4) is 0 Å². The van der Waals surface area contributed by atoms with Crippen LogP contribution < -0.4 is 5.32 Å². The van der Waals surface area contributed by atoms with Gasteiger partial charge in [0.15, 0.2) is 0 Å². The predicted molar refractivity (Wildman–Crippen MR) is 63.3 cm³/mol. The summed E-state index contributed by atoms with van der Waals surface area (Å²) >= 11 is 0. The number of nitrogens with one attached hydrogen (secondary N) is 1. The standard InChI is InChI=1S/C12H21N3O/c1-11(10-15-7-4-6-14-15)13-9-12-5-2-3-8-16-12/h4,6-7,11-13H,2-3,5,8-10H2,1H3. The average Bonchev–Trinajstić information content (AvgIpc) is 2.81. The van der Waals surface area contributed by atoms with Crippen molar-refractivity contribution in [2.24, 2.45) is 0 Å². The first-order chi connectivity index (χ1) is 7.84. The highest BCUT2D eigenvalue weighted by Crippen LogP contribution is 2.11. The van der Waals surface area contributed by atoms with Gasteiger partial charge >= 0.3 is 0 Å². The number of nitrogens with zero attached hydrogens (tertiary/aromatic N) is 2. The van der Waals surface area contributed by atoms with E-state index in [1.807, 2.05) is 23.1 Å². The van der Waals surface area contributed by atoms with E-state index in [9.17, 15) is 0 Å². The van der Waals surface area contributed by atoms with Crippen LogP contribution in [0.15, 0.2) is 18.5 Å². The molecule has 1 aliphatic heterocycles. The molecule has 0 aliphatic carbocycles. The lowest BCUT2D eigenvalue weighted by atomic mass is 10.1. The largest absolute Gasteiger partial charge is 0.377 e. The molecule has 1 saturated heterocycles. The Hall–Kier alpha value is -0.870. The first kappa shape index (κ1) is 11.6. The molecule has 1 N–H and O–H groups in total. The van der Waals surface area contributed by atoms with E-state index in [0.717, 1.165) is 19.7 Å². The molecule has 0 saturated carbocycles. The van der Waals surface area contributed by atoms with Gasteiger partial charge < -0.3 is 10.1 Å². The second-order valence-electron chi connectivity index (χ2n) is 4.53. The van der Waals surface area contributed by atoms with Crippen molar-refractivity contribution in [1.29, 1.82) is 0 Å². The summed E-state index contributed by atoms with van der Waals surface area (Å²) in [5, 5.41) is 7.70. The first-order valence-electron chi connectivity index (χ1n) is 6.17. The van der Waals surface area contributed by atoms with Crippen LogP contribution in [0.4, 0.5) is 0 Å². The van der Waals surface area contributed by atoms with Gasteiger partial charge in [0.2, 0.25) is 0 Å². The zero-order valence-corrected chi connectivity index (χ0v) is 9.93. The predicted octanol–water partition coefficient (Wildman–Crippen LogP) is 1.43. The summed E-state index contributed by atoms with van der Waals surface area (Å²) in [5.74, 6) is 0. The first-order valence-corrected chi connectivity index (χ1v) is 6.17. The summed E-state index contributed by atoms with van der Waals surface area (Å²) in [6.45, 7) is 4.99. The van der Waals surface area contributed by atoms with Crippen molar-refractivity contribution in [1.82, 2.24) is 15.1 Å². The van der Waals surface area contributed by atoms with Crippen molar-refractivity contribution in [3.05, 3.63) is 18.5 Å². The van der Waals surface area contributed by atoms with E-state index in [2.05, 4.69) is 17.3 Å². The summed E-state index contributed by atoms with van der Waals surface area (Å²) in [4.78, 5) is 0. The topological polar surface area (TPSA) is 39.1 Å². The molecule has 2 unspecified atom stereocenters. The zero-order chi connectivity index (χ0) is 11.2. The van der Waals surface area contributed by atoms with E-state index >= 15 is 0 Å². The number of aromatic nitrogens is 2. The Kier molecular flexibility index (Phi) is 4.36. The molecule has 1 aromatic rings. The highest BCUT2D eigenvalue weighted by molar-refractivity contribution is 4.79. The quantitative estimate of drug-likeness (QED) is 0.820. The Morgan fingerprint density at radius 2 is 2.50 bits per heavy atom. The minimum Gasteiger partial charge on any atom is -0.377 e. The van der Waals surface area contributed by atoms with E-state index in [4.69, 9.17) is 4.74 Å². The molecule has 1 fully saturated rings. The maximum atomic E-state index is 5.68. The Morgan fingerprint density at radius 1 is 1.56 bits per heavy atom. The molecular formula is C12H21N3O. The van der Waals surface area contributed by atoms with Crippen LogP contribution in [0.25, 0.3) is 0 Å². The molecular weight excluding hydrogens is 202 g/mol. The van der Waals surface area contributed by atoms with Gasteiger partial charge in [-0.3, -0.25) is 4.68 Å². The fourth-order valence-corrected chi connectivity index (χ4v) is 2.05. The van der Waals surface area contributed by atoms with Crippen LogP contribution in [0, 0.1) is 0 Å². The highest BCUT2D eigenvalue weighted by Gasteiger charge is 2.14. The lowest BCUT2D eigenvalue weighted by molar-refractivity contribution is 0.0153. The molecule has 0 amide bonds. The van der Waals surface area contributed by atoms with Crippen molar-refractivity contribution >= 4 is 0 Å². The lowest BCUT2D eigenvalue weighted by Crippen LogP contribution is -2.38. The van der Waals surface area contributed by atoms with Crippen LogP contribution in [0.5, 0.6) is 0 Å². The van der Waals surface area contributed by atoms with Crippen molar-refractivity contribution in [2.45, 2.75) is 44.9 Å². The summed E-state index contributed by atoms with van der Waals surface area (Å²) in [6, 6.07) is 2.39. The van der Waals surface area contributed by atoms with Crippen LogP contribution in [0.3, 0.4) is 0 Å². The van der Waals surface area contributed by atoms with Crippen LogP contribution >= 0.6 is 0 Å². The Bertz CT molecular complexity index is 280. The zero-order valence-electron chi connectivity index (χ0n) is 9.93. The van der Waals surface area contributed by atoms with E-state index in [1.54, 1.807) is 0 Å². The summed E-state index contributed by atoms with van der Waals surface area (Å²) < 4.78 is 7.64. The Labute approximate surface area is 97.0 Å². The molecule has 2 heterocycles. The van der Waals surface area contributed by atoms with Gasteiger partial charge in [-0.1, -0.05) is 0 Å². The van der Waals surface area contributed by atoms with Crippen LogP contribution in [0.2, 0.25) is 0 Å². The van der Waals surface area contributed by atoms with Crippen molar-refractivity contribution in [2.75, 3.05) is 13.2 Å². The lowest BCUT2D eigenvalue weighted by Gasteiger charge is -2.24. The molecule has 16 heavy (non-hydrogen) atoms. The normalized spacial score (nSPS) is 23.2. The molecule has 4 nitrogen and oxygen atoms in total. The van der Waals surface area contributed by atoms with E-state index < -0.39 is 0 Å². The summed E-state index contributed by atoms with van der Waals surface area (Å²) in [7, 11) is 0. The third kappa shape index (κ3) is 3.61. The molecule has 1 aromatic heterocycles. The van der Waals surface area contributed by atoms with Crippen LogP contribution in [0.1, 0.15) is 26.2 Å². The second kappa shape index (κ2) is 6.01. The van der Waals surface area contributed by atoms with Crippen molar-refractivity contribution < 1.29 is 4.74 Å². The van der Waals surface area contributed by atoms with Gasteiger partial charge in [-0.2, -0.15) is 5.10 Å². The Balaban J connectivity index is 1.65. The monoisotopic (exact) mass is 223 g/mol. The molecule has 0 spiro atoms. The fraction of sp³-hybridized carbons (Fsp3) is 0.750. The average molecular weight is 223 g/mol. The van der Waals surface area contributed by atoms with Gasteiger partial charge in [0, 0.05) is 31.6 Å². The fourth-order valence-electron chi connectivity index (χ4n) is 2.05. The van der Waals surface area contributed by atoms with Gasteiger partial charge in [-0.25, -0.2) is 0 Å². The molecule has 2 atom stereocenters. The smallest absolute Gasteiger partial charge is 0.0699 e. The van der Waals surface area contributed by atoms with Gasteiger partial charge in [0.05, 0.1) is 12.6 Å². The number of rotatable bonds is 5. The highest BCUT2D eigenvalue weighted by atomic mass is 16.5. The number of hydrogen-bond acceptors (Lipinski definition) is 3. The molecule has 0 bridgehead atoms. The Morgan fingerprint density at radius 3 is 3.19 bits per heavy atom. The SMILES string of the molecule is CC(Cn1cccn1)NCC1CCCCO1. The maximum absolute atomic E-state index is 5.68. The molecule has 4 heteroatoms. The minimum absolute atomic E-state index is 0.411. The molecule has 0 radical (unpaired) electrons. The number of ether oxygens (including phenoxy) is 1. The summed E-state index contributed by atoms with van der Waals surface area (Å²) in [5.41, 5.74) is 0. The second-order valence-corrected chi connectivity index (χ2v) is 4.53. The maximum Gasteiger partial charge on any atom is 0.0699 e. The van der Waals surface area contributed by atoms with Gasteiger partial charge in [-0.05, 0) is 32.3 Å². The van der Waals surface area contributed by atoms with Gasteiger partial charge in [-0.15, -0.1) is 0 Å². The third-order valence-corrected chi connectivity index (χ3v) is 2.99. The van der Waals surface area contributed by atoms with E-state index in [0.29, 0.717) is 12.1 Å². The van der Waals surface area contributed by atoms with Gasteiger partial charge in [0.1, 0.15) is 0 Å². The van der Waals surface area contributed by atoms with E-state index in [-0.39, 0.29) is 0 Å². The van der Waals surface area contributed by atoms with Crippen LogP contribution in [-0.2, 0) is 11.3 Å². The molecule has 1 aliphatic rings.